The van der Waals surface area contributed by atoms with Gasteiger partial charge in [0.25, 0.3) is 0 Å². The molecule has 0 aliphatic rings. The summed E-state index contributed by atoms with van der Waals surface area (Å²) >= 11 is 5.89. The van der Waals surface area contributed by atoms with Crippen molar-refractivity contribution in [2.45, 2.75) is 9.79 Å². The number of carbonyl (C=O) groups is 1. The molecule has 150 valence electrons. The Hall–Kier alpha value is -2.97. The van der Waals surface area contributed by atoms with E-state index in [2.05, 4.69) is 0 Å². The number of halogens is 3. The summed E-state index contributed by atoms with van der Waals surface area (Å²) in [6.07, 6.45) is 0. The first kappa shape index (κ1) is 20.8. The Morgan fingerprint density at radius 2 is 1.52 bits per heavy atom. The molecule has 0 spiro atoms. The molecule has 0 bridgehead atoms. The molecule has 0 amide bonds. The first-order chi connectivity index (χ1) is 13.7. The number of carboxylic acid groups (broad SMARTS) is 1. The van der Waals surface area contributed by atoms with Gasteiger partial charge in [-0.25, -0.2) is 22.0 Å². The van der Waals surface area contributed by atoms with Crippen molar-refractivity contribution in [3.63, 3.8) is 0 Å². The van der Waals surface area contributed by atoms with Crippen molar-refractivity contribution in [2.75, 3.05) is 6.61 Å². The van der Waals surface area contributed by atoms with Gasteiger partial charge in [-0.15, -0.1) is 0 Å². The summed E-state index contributed by atoms with van der Waals surface area (Å²) in [5.74, 6) is -3.01. The van der Waals surface area contributed by atoms with Crippen LogP contribution in [-0.2, 0) is 14.6 Å². The van der Waals surface area contributed by atoms with Crippen LogP contribution >= 0.6 is 11.6 Å². The van der Waals surface area contributed by atoms with Crippen LogP contribution in [0.2, 0.25) is 5.02 Å². The van der Waals surface area contributed by atoms with Gasteiger partial charge in [0.2, 0.25) is 9.84 Å². The predicted octanol–water partition coefficient (Wildman–Crippen LogP) is 4.58. The van der Waals surface area contributed by atoms with Gasteiger partial charge >= 0.3 is 5.97 Å². The molecular formula is C20H13ClF2O5S. The van der Waals surface area contributed by atoms with E-state index in [1.807, 2.05) is 0 Å². The van der Waals surface area contributed by atoms with E-state index in [9.17, 15) is 22.0 Å². The summed E-state index contributed by atoms with van der Waals surface area (Å²) in [4.78, 5) is 10.6. The van der Waals surface area contributed by atoms with Crippen LogP contribution in [0.4, 0.5) is 8.78 Å². The number of benzene rings is 3. The summed E-state index contributed by atoms with van der Waals surface area (Å²) in [6.45, 7) is -0.761. The summed E-state index contributed by atoms with van der Waals surface area (Å²) < 4.78 is 57.6. The maximum Gasteiger partial charge on any atom is 0.341 e. The van der Waals surface area contributed by atoms with E-state index < -0.39 is 34.0 Å². The van der Waals surface area contributed by atoms with Crippen molar-refractivity contribution >= 4 is 27.4 Å². The molecule has 0 saturated heterocycles. The lowest BCUT2D eigenvalue weighted by Gasteiger charge is -2.13. The second-order valence-electron chi connectivity index (χ2n) is 5.93. The summed E-state index contributed by atoms with van der Waals surface area (Å²) in [6, 6.07) is 12.2. The monoisotopic (exact) mass is 438 g/mol. The van der Waals surface area contributed by atoms with Gasteiger partial charge in [0.05, 0.1) is 9.79 Å². The largest absolute Gasteiger partial charge is 0.479 e. The van der Waals surface area contributed by atoms with Crippen LogP contribution in [0, 0.1) is 11.6 Å². The van der Waals surface area contributed by atoms with Crippen LogP contribution in [-0.4, -0.2) is 26.1 Å². The third-order valence-corrected chi connectivity index (χ3v) is 5.95. The molecule has 0 fully saturated rings. The fourth-order valence-corrected chi connectivity index (χ4v) is 4.08. The average Bonchev–Trinajstić information content (AvgIpc) is 2.67. The minimum Gasteiger partial charge on any atom is -0.479 e. The molecule has 3 aromatic rings. The van der Waals surface area contributed by atoms with E-state index in [4.69, 9.17) is 21.4 Å². The van der Waals surface area contributed by atoms with Crippen LogP contribution < -0.4 is 4.74 Å². The Kier molecular flexibility index (Phi) is 5.86. The Morgan fingerprint density at radius 3 is 2.07 bits per heavy atom. The third-order valence-electron chi connectivity index (χ3n) is 3.95. The molecule has 5 nitrogen and oxygen atoms in total. The minimum atomic E-state index is -3.88. The van der Waals surface area contributed by atoms with E-state index in [0.29, 0.717) is 5.56 Å². The highest BCUT2D eigenvalue weighted by atomic mass is 35.5. The summed E-state index contributed by atoms with van der Waals surface area (Å²) in [5, 5.41) is 8.83. The molecule has 0 atom stereocenters. The minimum absolute atomic E-state index is 0.0524. The zero-order chi connectivity index (χ0) is 21.2. The molecule has 3 rings (SSSR count). The van der Waals surface area contributed by atoms with E-state index in [1.165, 1.54) is 30.3 Å². The van der Waals surface area contributed by atoms with Crippen molar-refractivity contribution in [2.24, 2.45) is 0 Å². The maximum atomic E-state index is 14.2. The number of hydrogen-bond acceptors (Lipinski definition) is 4. The number of rotatable bonds is 6. The molecule has 0 radical (unpaired) electrons. The van der Waals surface area contributed by atoms with E-state index in [1.54, 1.807) is 0 Å². The second-order valence-corrected chi connectivity index (χ2v) is 8.31. The van der Waals surface area contributed by atoms with Crippen molar-refractivity contribution in [3.8, 4) is 16.9 Å². The molecule has 0 saturated carbocycles. The van der Waals surface area contributed by atoms with Crippen LogP contribution in [0.1, 0.15) is 0 Å². The molecule has 0 aliphatic carbocycles. The van der Waals surface area contributed by atoms with Crippen LogP contribution in [0.15, 0.2) is 70.5 Å². The van der Waals surface area contributed by atoms with Gasteiger partial charge in [-0.3, -0.25) is 0 Å². The molecule has 0 aliphatic heterocycles. The smallest absolute Gasteiger partial charge is 0.341 e. The fraction of sp³-hybridized carbons (Fsp3) is 0.0500. The quantitative estimate of drug-likeness (QED) is 0.570. The first-order valence-corrected chi connectivity index (χ1v) is 9.99. The third kappa shape index (κ3) is 4.55. The molecule has 29 heavy (non-hydrogen) atoms. The Morgan fingerprint density at radius 1 is 0.966 bits per heavy atom. The van der Waals surface area contributed by atoms with Crippen molar-refractivity contribution in [1.82, 2.24) is 0 Å². The predicted molar refractivity (Wildman–Crippen MR) is 102 cm³/mol. The highest BCUT2D eigenvalue weighted by molar-refractivity contribution is 7.91. The van der Waals surface area contributed by atoms with Crippen LogP contribution in [0.5, 0.6) is 5.75 Å². The molecular weight excluding hydrogens is 426 g/mol. The molecule has 3 aromatic carbocycles. The number of aliphatic carboxylic acids is 1. The SMILES string of the molecule is O=C(O)COc1c(F)cc(Cl)cc1-c1ccc(S(=O)(=O)c2ccc(F)cc2)cc1. The van der Waals surface area contributed by atoms with E-state index >= 15 is 0 Å². The number of sulfone groups is 1. The van der Waals surface area contributed by atoms with Gasteiger partial charge in [0.15, 0.2) is 18.2 Å². The topological polar surface area (TPSA) is 80.7 Å². The molecule has 0 aromatic heterocycles. The zero-order valence-corrected chi connectivity index (χ0v) is 16.2. The van der Waals surface area contributed by atoms with Gasteiger partial charge < -0.3 is 9.84 Å². The number of ether oxygens (including phenoxy) is 1. The normalized spacial score (nSPS) is 11.3. The van der Waals surface area contributed by atoms with Crippen molar-refractivity contribution < 1.29 is 31.8 Å². The Labute approximate surface area is 170 Å². The lowest BCUT2D eigenvalue weighted by molar-refractivity contribution is -0.139. The summed E-state index contributed by atoms with van der Waals surface area (Å²) in [7, 11) is -3.88. The van der Waals surface area contributed by atoms with Gasteiger partial charge in [-0.2, -0.15) is 0 Å². The number of carboxylic acids is 1. The highest BCUT2D eigenvalue weighted by Gasteiger charge is 2.19. The lowest BCUT2D eigenvalue weighted by atomic mass is 10.0. The van der Waals surface area contributed by atoms with Crippen LogP contribution in [0.3, 0.4) is 0 Å². The standard InChI is InChI=1S/C20H13ClF2O5S/c21-13-9-17(20(18(23)10-13)28-11-19(24)25)12-1-5-15(6-2-12)29(26,27)16-7-3-14(22)4-8-16/h1-10H,11H2,(H,24,25). The first-order valence-electron chi connectivity index (χ1n) is 8.13. The van der Waals surface area contributed by atoms with E-state index in [-0.39, 0.29) is 26.1 Å². The average molecular weight is 439 g/mol. The molecule has 0 unspecified atom stereocenters. The van der Waals surface area contributed by atoms with Gasteiger partial charge in [0.1, 0.15) is 5.82 Å². The fourth-order valence-electron chi connectivity index (χ4n) is 2.62. The molecule has 1 N–H and O–H groups in total. The maximum absolute atomic E-state index is 14.2. The lowest BCUT2D eigenvalue weighted by Crippen LogP contribution is -2.11. The molecule has 9 heteroatoms. The van der Waals surface area contributed by atoms with Gasteiger partial charge in [-0.05, 0) is 54.1 Å². The Bertz CT molecular complexity index is 1160. The molecule has 0 heterocycles. The number of hydrogen-bond donors (Lipinski definition) is 1. The van der Waals surface area contributed by atoms with Gasteiger partial charge in [-0.1, -0.05) is 23.7 Å². The van der Waals surface area contributed by atoms with Gasteiger partial charge in [0, 0.05) is 10.6 Å². The second kappa shape index (κ2) is 8.18. The summed E-state index contributed by atoms with van der Waals surface area (Å²) in [5.41, 5.74) is 0.534. The van der Waals surface area contributed by atoms with Crippen LogP contribution in [0.25, 0.3) is 11.1 Å². The van der Waals surface area contributed by atoms with Crippen molar-refractivity contribution in [1.29, 1.82) is 0 Å². The Balaban J connectivity index is 2.00. The van der Waals surface area contributed by atoms with Crippen molar-refractivity contribution in [3.05, 3.63) is 77.3 Å². The van der Waals surface area contributed by atoms with E-state index in [0.717, 1.165) is 30.3 Å². The highest BCUT2D eigenvalue weighted by Crippen LogP contribution is 2.36. The zero-order valence-electron chi connectivity index (χ0n) is 14.6.